The van der Waals surface area contributed by atoms with Gasteiger partial charge in [-0.2, -0.15) is 0 Å². The van der Waals surface area contributed by atoms with E-state index in [1.807, 2.05) is 6.07 Å². The number of sulfonamides is 1. The predicted octanol–water partition coefficient (Wildman–Crippen LogP) is 5.53. The average molecular weight is 446 g/mol. The zero-order valence-corrected chi connectivity index (χ0v) is 17.4. The van der Waals surface area contributed by atoms with Crippen molar-refractivity contribution in [3.8, 4) is 22.7 Å². The summed E-state index contributed by atoms with van der Waals surface area (Å²) in [6, 6.07) is 9.60. The van der Waals surface area contributed by atoms with Crippen LogP contribution < -0.4 is 4.72 Å². The van der Waals surface area contributed by atoms with Gasteiger partial charge in [0, 0.05) is 17.0 Å². The van der Waals surface area contributed by atoms with Gasteiger partial charge in [-0.3, -0.25) is 4.72 Å². The van der Waals surface area contributed by atoms with Crippen molar-refractivity contribution in [1.29, 1.82) is 0 Å². The van der Waals surface area contributed by atoms with Crippen LogP contribution in [-0.4, -0.2) is 24.6 Å². The Balaban J connectivity index is 1.79. The van der Waals surface area contributed by atoms with Gasteiger partial charge in [-0.25, -0.2) is 17.8 Å². The number of aromatic amines is 1. The number of anilines is 1. The molecule has 1 aliphatic rings. The molecule has 9 heteroatoms. The Bertz CT molecular complexity index is 1370. The lowest BCUT2D eigenvalue weighted by Crippen LogP contribution is -2.11. The number of fused-ring (bicyclic) bond motifs is 1. The van der Waals surface area contributed by atoms with E-state index in [2.05, 4.69) is 14.7 Å². The lowest BCUT2D eigenvalue weighted by atomic mass is 10.0. The van der Waals surface area contributed by atoms with Crippen molar-refractivity contribution in [2.75, 3.05) is 11.0 Å². The lowest BCUT2D eigenvalue weighted by molar-refractivity contribution is 0.606. The topological polar surface area (TPSA) is 88.0 Å². The predicted molar refractivity (Wildman–Crippen MR) is 115 cm³/mol. The first-order chi connectivity index (χ1) is 14.3. The van der Waals surface area contributed by atoms with Gasteiger partial charge in [-0.1, -0.05) is 11.6 Å². The molecule has 0 amide bonds. The Hall–Kier alpha value is -2.84. The monoisotopic (exact) mass is 445 g/mol. The van der Waals surface area contributed by atoms with Crippen LogP contribution in [0.3, 0.4) is 0 Å². The van der Waals surface area contributed by atoms with E-state index in [1.54, 1.807) is 18.2 Å². The minimum atomic E-state index is -3.45. The van der Waals surface area contributed by atoms with Gasteiger partial charge in [-0.15, -0.1) is 0 Å². The number of furan rings is 1. The number of benzene rings is 2. The Morgan fingerprint density at radius 3 is 2.57 bits per heavy atom. The first kappa shape index (κ1) is 19.1. The van der Waals surface area contributed by atoms with Gasteiger partial charge >= 0.3 is 0 Å². The Labute approximate surface area is 177 Å². The molecule has 6 nitrogen and oxygen atoms in total. The highest BCUT2D eigenvalue weighted by atomic mass is 35.5. The van der Waals surface area contributed by atoms with Gasteiger partial charge in [0.15, 0.2) is 0 Å². The third kappa shape index (κ3) is 3.57. The summed E-state index contributed by atoms with van der Waals surface area (Å²) in [5, 5.41) is 1.16. The molecule has 0 atom stereocenters. The fourth-order valence-electron chi connectivity index (χ4n) is 3.65. The number of nitrogens with one attached hydrogen (secondary N) is 2. The molecule has 0 saturated heterocycles. The summed E-state index contributed by atoms with van der Waals surface area (Å²) >= 11 is 6.06. The Morgan fingerprint density at radius 2 is 1.97 bits per heavy atom. The number of nitrogens with zero attached hydrogens (tertiary/aromatic N) is 1. The molecular weight excluding hydrogens is 429 g/mol. The maximum absolute atomic E-state index is 13.5. The highest BCUT2D eigenvalue weighted by Gasteiger charge is 2.30. The second-order valence-electron chi connectivity index (χ2n) is 7.48. The maximum atomic E-state index is 13.5. The van der Waals surface area contributed by atoms with E-state index >= 15 is 0 Å². The standard InChI is InChI=1S/C21H17ClFN3O3S/c1-30(27,28)26-16-9-17-15(8-14(16)11-2-3-11)19(21-24-10-18(22)25-21)20(29-17)12-4-6-13(23)7-5-12/h4-11,26H,2-3H2,1H3,(H,24,25). The SMILES string of the molecule is CS(=O)(=O)Nc1cc2oc(-c3ccc(F)cc3)c(-c3ncc(Cl)[nH]3)c2cc1C1CC1. The smallest absolute Gasteiger partial charge is 0.229 e. The molecule has 2 aromatic carbocycles. The molecule has 30 heavy (non-hydrogen) atoms. The summed E-state index contributed by atoms with van der Waals surface area (Å²) in [5.41, 5.74) is 3.28. The van der Waals surface area contributed by atoms with Crippen molar-refractivity contribution < 1.29 is 17.2 Å². The molecule has 0 unspecified atom stereocenters. The highest BCUT2D eigenvalue weighted by Crippen LogP contribution is 2.48. The van der Waals surface area contributed by atoms with Crippen molar-refractivity contribution in [3.63, 3.8) is 0 Å². The number of H-pyrrole nitrogens is 1. The summed E-state index contributed by atoms with van der Waals surface area (Å²) in [7, 11) is -3.45. The van der Waals surface area contributed by atoms with Gasteiger partial charge in [0.25, 0.3) is 0 Å². The molecule has 4 aromatic rings. The molecule has 2 N–H and O–H groups in total. The van der Waals surface area contributed by atoms with Gasteiger partial charge in [0.1, 0.15) is 28.1 Å². The van der Waals surface area contributed by atoms with E-state index in [4.69, 9.17) is 16.0 Å². The Morgan fingerprint density at radius 1 is 1.23 bits per heavy atom. The van der Waals surface area contributed by atoms with E-state index in [9.17, 15) is 12.8 Å². The summed E-state index contributed by atoms with van der Waals surface area (Å²) in [6.45, 7) is 0. The summed E-state index contributed by atoms with van der Waals surface area (Å²) in [6.07, 6.45) is 4.62. The zero-order chi connectivity index (χ0) is 21.0. The van der Waals surface area contributed by atoms with Crippen LogP contribution in [0.1, 0.15) is 24.3 Å². The first-order valence-corrected chi connectivity index (χ1v) is 11.6. The zero-order valence-electron chi connectivity index (χ0n) is 15.9. The van der Waals surface area contributed by atoms with Crippen molar-refractivity contribution in [1.82, 2.24) is 9.97 Å². The maximum Gasteiger partial charge on any atom is 0.229 e. The fraction of sp³-hybridized carbons (Fsp3) is 0.190. The third-order valence-corrected chi connectivity index (χ3v) is 5.84. The van der Waals surface area contributed by atoms with Crippen LogP contribution in [0, 0.1) is 5.82 Å². The molecule has 0 bridgehead atoms. The normalized spacial score (nSPS) is 14.4. The van der Waals surface area contributed by atoms with Gasteiger partial charge in [0.2, 0.25) is 10.0 Å². The number of hydrogen-bond acceptors (Lipinski definition) is 4. The molecule has 0 radical (unpaired) electrons. The molecule has 2 heterocycles. The van der Waals surface area contributed by atoms with Crippen molar-refractivity contribution in [2.24, 2.45) is 0 Å². The molecule has 2 aromatic heterocycles. The first-order valence-electron chi connectivity index (χ1n) is 9.33. The molecule has 154 valence electrons. The molecule has 1 fully saturated rings. The molecular formula is C21H17ClFN3O3S. The van der Waals surface area contributed by atoms with Crippen molar-refractivity contribution >= 4 is 38.3 Å². The summed E-state index contributed by atoms with van der Waals surface area (Å²) in [5.74, 6) is 0.946. The third-order valence-electron chi connectivity index (χ3n) is 5.06. The summed E-state index contributed by atoms with van der Waals surface area (Å²) in [4.78, 5) is 7.37. The highest BCUT2D eigenvalue weighted by molar-refractivity contribution is 7.92. The number of rotatable bonds is 5. The van der Waals surface area contributed by atoms with E-state index in [0.717, 1.165) is 30.0 Å². The largest absolute Gasteiger partial charge is 0.455 e. The van der Waals surface area contributed by atoms with Gasteiger partial charge in [0.05, 0.1) is 23.7 Å². The van der Waals surface area contributed by atoms with Crippen LogP contribution in [0.15, 0.2) is 47.0 Å². The minimum absolute atomic E-state index is 0.288. The van der Waals surface area contributed by atoms with E-state index in [-0.39, 0.29) is 11.7 Å². The fourth-order valence-corrected chi connectivity index (χ4v) is 4.36. The van der Waals surface area contributed by atoms with E-state index < -0.39 is 10.0 Å². The number of imidazole rings is 1. The van der Waals surface area contributed by atoms with E-state index in [0.29, 0.717) is 39.1 Å². The molecule has 5 rings (SSSR count). The lowest BCUT2D eigenvalue weighted by Gasteiger charge is -2.10. The van der Waals surface area contributed by atoms with Gasteiger partial charge < -0.3 is 9.40 Å². The molecule has 0 spiro atoms. The van der Waals surface area contributed by atoms with Crippen LogP contribution in [0.2, 0.25) is 5.15 Å². The van der Waals surface area contributed by atoms with Crippen LogP contribution >= 0.6 is 11.6 Å². The molecule has 0 aliphatic heterocycles. The van der Waals surface area contributed by atoms with Crippen molar-refractivity contribution in [2.45, 2.75) is 18.8 Å². The van der Waals surface area contributed by atoms with Crippen LogP contribution in [0.5, 0.6) is 0 Å². The minimum Gasteiger partial charge on any atom is -0.455 e. The average Bonchev–Trinajstić information content (AvgIpc) is 3.33. The number of halogens is 2. The second-order valence-corrected chi connectivity index (χ2v) is 9.63. The Kier molecular flexibility index (Phi) is 4.37. The molecule has 1 saturated carbocycles. The van der Waals surface area contributed by atoms with Crippen LogP contribution in [0.4, 0.5) is 10.1 Å². The quantitative estimate of drug-likeness (QED) is 0.422. The van der Waals surface area contributed by atoms with Gasteiger partial charge in [-0.05, 0) is 54.7 Å². The molecule has 1 aliphatic carbocycles. The number of hydrogen-bond donors (Lipinski definition) is 2. The van der Waals surface area contributed by atoms with Crippen LogP contribution in [0.25, 0.3) is 33.7 Å². The van der Waals surface area contributed by atoms with E-state index in [1.165, 1.54) is 18.3 Å². The number of aromatic nitrogens is 2. The second kappa shape index (κ2) is 6.85. The van der Waals surface area contributed by atoms with Crippen molar-refractivity contribution in [3.05, 3.63) is 59.1 Å². The van der Waals surface area contributed by atoms with Crippen LogP contribution in [-0.2, 0) is 10.0 Å². The summed E-state index contributed by atoms with van der Waals surface area (Å²) < 4.78 is 46.0.